The Balaban J connectivity index is 1.82. The summed E-state index contributed by atoms with van der Waals surface area (Å²) < 4.78 is 22.9. The Morgan fingerprint density at radius 1 is 1.20 bits per heavy atom. The van der Waals surface area contributed by atoms with Crippen LogP contribution in [0.15, 0.2) is 51.8 Å². The molecular formula is C22H20ClFN4O7. The van der Waals surface area contributed by atoms with Crippen molar-refractivity contribution in [3.05, 3.63) is 75.2 Å². The third kappa shape index (κ3) is 6.90. The van der Waals surface area contributed by atoms with E-state index in [4.69, 9.17) is 11.6 Å². The van der Waals surface area contributed by atoms with Crippen LogP contribution in [-0.4, -0.2) is 52.4 Å². The van der Waals surface area contributed by atoms with Crippen LogP contribution in [-0.2, 0) is 16.0 Å². The molecule has 0 radical (unpaired) electrons. The van der Waals surface area contributed by atoms with Crippen molar-refractivity contribution in [1.29, 1.82) is 0 Å². The molecule has 0 aliphatic carbocycles. The lowest BCUT2D eigenvalue weighted by atomic mass is 9.97. The number of benzene rings is 2. The maximum atomic E-state index is 14.2. The zero-order chi connectivity index (χ0) is 25.5. The van der Waals surface area contributed by atoms with Gasteiger partial charge in [-0.05, 0) is 47.3 Å². The summed E-state index contributed by atoms with van der Waals surface area (Å²) in [6, 6.07) is 8.60. The van der Waals surface area contributed by atoms with Crippen molar-refractivity contribution in [1.82, 2.24) is 20.8 Å². The smallest absolute Gasteiger partial charge is 0.439 e. The molecule has 0 bridgehead atoms. The number of carboxylic acid groups (broad SMARTS) is 1. The van der Waals surface area contributed by atoms with Gasteiger partial charge >= 0.3 is 17.8 Å². The molecule has 35 heavy (non-hydrogen) atoms. The van der Waals surface area contributed by atoms with Crippen LogP contribution in [0.3, 0.4) is 0 Å². The van der Waals surface area contributed by atoms with Crippen molar-refractivity contribution in [2.24, 2.45) is 0 Å². The van der Waals surface area contributed by atoms with E-state index in [2.05, 4.69) is 30.0 Å². The number of carbonyl (C=O) groups excluding carboxylic acids is 2. The van der Waals surface area contributed by atoms with Gasteiger partial charge in [-0.3, -0.25) is 14.3 Å². The van der Waals surface area contributed by atoms with Crippen LogP contribution in [0.2, 0.25) is 5.02 Å². The lowest BCUT2D eigenvalue weighted by Gasteiger charge is -2.22. The summed E-state index contributed by atoms with van der Waals surface area (Å²) in [5.74, 6) is -3.96. The SMILES string of the molecule is COC(=O)N[C@H](C[C@@H](Cc1ccc(-c2cc(Cl)ccc2F)cc1)NC(=O)c1noc(=O)[nH]1)C(=O)O. The molecule has 0 saturated heterocycles. The number of amides is 2. The van der Waals surface area contributed by atoms with Crippen LogP contribution in [0, 0.1) is 5.82 Å². The van der Waals surface area contributed by atoms with Gasteiger partial charge in [-0.15, -0.1) is 0 Å². The van der Waals surface area contributed by atoms with Gasteiger partial charge in [0.15, 0.2) is 0 Å². The normalized spacial score (nSPS) is 12.4. The summed E-state index contributed by atoms with van der Waals surface area (Å²) in [6.07, 6.45) is -1.07. The first kappa shape index (κ1) is 25.4. The summed E-state index contributed by atoms with van der Waals surface area (Å²) in [5.41, 5.74) is 1.53. The number of methoxy groups -OCH3 is 1. The number of aromatic nitrogens is 2. The van der Waals surface area contributed by atoms with Crippen molar-refractivity contribution >= 4 is 29.6 Å². The molecule has 0 aliphatic heterocycles. The van der Waals surface area contributed by atoms with Crippen LogP contribution in [0.1, 0.15) is 22.6 Å². The first-order valence-electron chi connectivity index (χ1n) is 10.1. The van der Waals surface area contributed by atoms with Gasteiger partial charge in [-0.25, -0.2) is 18.8 Å². The average Bonchev–Trinajstić information content (AvgIpc) is 3.27. The maximum Gasteiger partial charge on any atom is 0.439 e. The molecule has 184 valence electrons. The number of H-pyrrole nitrogens is 1. The predicted octanol–water partition coefficient (Wildman–Crippen LogP) is 2.36. The molecule has 3 rings (SSSR count). The highest BCUT2D eigenvalue weighted by atomic mass is 35.5. The molecular weight excluding hydrogens is 487 g/mol. The highest BCUT2D eigenvalue weighted by Gasteiger charge is 2.27. The van der Waals surface area contributed by atoms with Gasteiger partial charge < -0.3 is 20.5 Å². The molecule has 0 aliphatic rings. The van der Waals surface area contributed by atoms with E-state index in [1.807, 2.05) is 0 Å². The number of hydrogen-bond donors (Lipinski definition) is 4. The fourth-order valence-corrected chi connectivity index (χ4v) is 3.48. The monoisotopic (exact) mass is 506 g/mol. The molecule has 11 nitrogen and oxygen atoms in total. The van der Waals surface area contributed by atoms with Crippen LogP contribution in [0.5, 0.6) is 0 Å². The van der Waals surface area contributed by atoms with E-state index in [1.165, 1.54) is 18.2 Å². The van der Waals surface area contributed by atoms with Crippen molar-refractivity contribution in [3.8, 4) is 11.1 Å². The Kier molecular flexibility index (Phi) is 8.21. The molecule has 2 aromatic carbocycles. The Morgan fingerprint density at radius 2 is 1.91 bits per heavy atom. The van der Waals surface area contributed by atoms with Crippen LogP contribution in [0.4, 0.5) is 9.18 Å². The van der Waals surface area contributed by atoms with Gasteiger partial charge in [0.05, 0.1) is 7.11 Å². The second kappa shape index (κ2) is 11.3. The number of alkyl carbamates (subject to hydrolysis) is 1. The molecule has 1 aromatic heterocycles. The molecule has 2 atom stereocenters. The molecule has 2 amide bonds. The second-order valence-electron chi connectivity index (χ2n) is 7.40. The third-order valence-corrected chi connectivity index (χ3v) is 5.20. The minimum atomic E-state index is -1.40. The van der Waals surface area contributed by atoms with Gasteiger partial charge in [-0.1, -0.05) is 35.9 Å². The molecule has 0 unspecified atom stereocenters. The van der Waals surface area contributed by atoms with Crippen LogP contribution >= 0.6 is 11.6 Å². The van der Waals surface area contributed by atoms with E-state index in [9.17, 15) is 28.7 Å². The minimum absolute atomic E-state index is 0.124. The van der Waals surface area contributed by atoms with E-state index in [-0.39, 0.29) is 12.8 Å². The number of aromatic amines is 1. The van der Waals surface area contributed by atoms with Crippen molar-refractivity contribution in [2.45, 2.75) is 24.9 Å². The molecule has 0 saturated carbocycles. The zero-order valence-electron chi connectivity index (χ0n) is 18.2. The number of carboxylic acids is 1. The standard InChI is InChI=1S/C22H20ClFN4O7/c1-34-21(32)26-17(20(30)31)10-14(25-19(29)18-27-22(33)35-28-18)8-11-2-4-12(5-3-11)15-9-13(23)6-7-16(15)24/h2-7,9,14,17H,8,10H2,1H3,(H,25,29)(H,26,32)(H,30,31)(H,27,28,33)/t14-,17-/m1/s1. The van der Waals surface area contributed by atoms with Crippen LogP contribution in [0.25, 0.3) is 11.1 Å². The highest BCUT2D eigenvalue weighted by Crippen LogP contribution is 2.26. The number of ether oxygens (including phenoxy) is 1. The third-order valence-electron chi connectivity index (χ3n) is 4.96. The van der Waals surface area contributed by atoms with E-state index >= 15 is 0 Å². The van der Waals surface area contributed by atoms with E-state index in [0.29, 0.717) is 21.7 Å². The fourth-order valence-electron chi connectivity index (χ4n) is 3.31. The van der Waals surface area contributed by atoms with E-state index in [1.54, 1.807) is 24.3 Å². The second-order valence-corrected chi connectivity index (χ2v) is 7.84. The largest absolute Gasteiger partial charge is 0.480 e. The summed E-state index contributed by atoms with van der Waals surface area (Å²) in [5, 5.41) is 17.9. The maximum absolute atomic E-state index is 14.2. The predicted molar refractivity (Wildman–Crippen MR) is 121 cm³/mol. The van der Waals surface area contributed by atoms with Gasteiger partial charge in [0, 0.05) is 16.6 Å². The van der Waals surface area contributed by atoms with Gasteiger partial charge in [0.2, 0.25) is 5.82 Å². The lowest BCUT2D eigenvalue weighted by Crippen LogP contribution is -2.47. The van der Waals surface area contributed by atoms with Gasteiger partial charge in [-0.2, -0.15) is 0 Å². The summed E-state index contributed by atoms with van der Waals surface area (Å²) >= 11 is 5.96. The number of aliphatic carboxylic acids is 1. The molecule has 4 N–H and O–H groups in total. The Labute approximate surface area is 202 Å². The highest BCUT2D eigenvalue weighted by molar-refractivity contribution is 6.30. The first-order valence-corrected chi connectivity index (χ1v) is 10.5. The number of hydrogen-bond acceptors (Lipinski definition) is 7. The molecule has 0 fully saturated rings. The quantitative estimate of drug-likeness (QED) is 0.343. The average molecular weight is 507 g/mol. The Morgan fingerprint density at radius 3 is 2.51 bits per heavy atom. The number of nitrogens with one attached hydrogen (secondary N) is 3. The number of halogens is 2. The molecule has 1 heterocycles. The number of carbonyl (C=O) groups is 3. The zero-order valence-corrected chi connectivity index (χ0v) is 19.0. The van der Waals surface area contributed by atoms with E-state index < -0.39 is 47.5 Å². The number of rotatable bonds is 9. The lowest BCUT2D eigenvalue weighted by molar-refractivity contribution is -0.139. The molecule has 13 heteroatoms. The van der Waals surface area contributed by atoms with E-state index in [0.717, 1.165) is 7.11 Å². The molecule has 0 spiro atoms. The van der Waals surface area contributed by atoms with Crippen molar-refractivity contribution in [2.75, 3.05) is 7.11 Å². The summed E-state index contributed by atoms with van der Waals surface area (Å²) in [4.78, 5) is 48.9. The topological polar surface area (TPSA) is 164 Å². The molecule has 3 aromatic rings. The Bertz CT molecular complexity index is 1280. The van der Waals surface area contributed by atoms with Gasteiger partial charge in [0.25, 0.3) is 5.91 Å². The van der Waals surface area contributed by atoms with Gasteiger partial charge in [0.1, 0.15) is 11.9 Å². The first-order chi connectivity index (χ1) is 16.7. The van der Waals surface area contributed by atoms with Crippen LogP contribution < -0.4 is 16.4 Å². The fraction of sp³-hybridized carbons (Fsp3) is 0.227. The summed E-state index contributed by atoms with van der Waals surface area (Å²) in [6.45, 7) is 0. The number of nitrogens with zero attached hydrogens (tertiary/aromatic N) is 1. The summed E-state index contributed by atoms with van der Waals surface area (Å²) in [7, 11) is 1.08. The van der Waals surface area contributed by atoms with Crippen molar-refractivity contribution < 1.29 is 33.1 Å². The Hall–Kier alpha value is -4.19. The van der Waals surface area contributed by atoms with Crippen molar-refractivity contribution in [3.63, 3.8) is 0 Å². The minimum Gasteiger partial charge on any atom is -0.480 e.